The van der Waals surface area contributed by atoms with Gasteiger partial charge in [0.25, 0.3) is 0 Å². The monoisotopic (exact) mass is 263 g/mol. The standard InChI is InChI=1S/C15H25N3O/c1-16-11-7-10-15(19)18(3)13-12-17(2)14-8-5-4-6-9-14/h4-6,8-9,16H,7,10-13H2,1-3H3. The fraction of sp³-hybridized carbons (Fsp3) is 0.533. The van der Waals surface area contributed by atoms with Crippen LogP contribution in [-0.4, -0.2) is 51.6 Å². The molecule has 1 aromatic rings. The number of para-hydroxylation sites is 1. The summed E-state index contributed by atoms with van der Waals surface area (Å²) in [4.78, 5) is 15.8. The molecular weight excluding hydrogens is 238 g/mol. The van der Waals surface area contributed by atoms with Crippen molar-refractivity contribution >= 4 is 11.6 Å². The fourth-order valence-corrected chi connectivity index (χ4v) is 1.84. The van der Waals surface area contributed by atoms with Gasteiger partial charge in [-0.3, -0.25) is 4.79 Å². The number of benzene rings is 1. The summed E-state index contributed by atoms with van der Waals surface area (Å²) < 4.78 is 0. The minimum Gasteiger partial charge on any atom is -0.373 e. The summed E-state index contributed by atoms with van der Waals surface area (Å²) in [6.45, 7) is 2.49. The van der Waals surface area contributed by atoms with Crippen molar-refractivity contribution in [1.82, 2.24) is 10.2 Å². The van der Waals surface area contributed by atoms with Crippen LogP contribution in [0.4, 0.5) is 5.69 Å². The number of anilines is 1. The van der Waals surface area contributed by atoms with Crippen molar-refractivity contribution in [2.24, 2.45) is 0 Å². The predicted molar refractivity (Wildman–Crippen MR) is 80.5 cm³/mol. The average molecular weight is 263 g/mol. The van der Waals surface area contributed by atoms with Crippen LogP contribution in [0.3, 0.4) is 0 Å². The number of carbonyl (C=O) groups is 1. The normalized spacial score (nSPS) is 10.3. The molecule has 0 unspecified atom stereocenters. The van der Waals surface area contributed by atoms with Gasteiger partial charge in [-0.05, 0) is 32.1 Å². The van der Waals surface area contributed by atoms with Crippen molar-refractivity contribution in [3.8, 4) is 0 Å². The number of nitrogens with one attached hydrogen (secondary N) is 1. The molecule has 0 aliphatic carbocycles. The predicted octanol–water partition coefficient (Wildman–Crippen LogP) is 1.58. The average Bonchev–Trinajstić information content (AvgIpc) is 2.45. The van der Waals surface area contributed by atoms with Gasteiger partial charge in [0.05, 0.1) is 0 Å². The Kier molecular flexibility index (Phi) is 6.97. The van der Waals surface area contributed by atoms with Gasteiger partial charge in [0.15, 0.2) is 0 Å². The molecule has 0 aromatic heterocycles. The van der Waals surface area contributed by atoms with Crippen molar-refractivity contribution in [3.05, 3.63) is 30.3 Å². The van der Waals surface area contributed by atoms with E-state index in [1.54, 1.807) is 0 Å². The fourth-order valence-electron chi connectivity index (χ4n) is 1.84. The van der Waals surface area contributed by atoms with Crippen LogP contribution in [0.1, 0.15) is 12.8 Å². The first-order chi connectivity index (χ1) is 9.15. The summed E-state index contributed by atoms with van der Waals surface area (Å²) in [5, 5.41) is 3.05. The van der Waals surface area contributed by atoms with Crippen LogP contribution in [0.2, 0.25) is 0 Å². The van der Waals surface area contributed by atoms with Crippen LogP contribution in [0.5, 0.6) is 0 Å². The third kappa shape index (κ3) is 5.75. The molecule has 4 heteroatoms. The SMILES string of the molecule is CNCCCC(=O)N(C)CCN(C)c1ccccc1. The number of hydrogen-bond acceptors (Lipinski definition) is 3. The molecule has 0 radical (unpaired) electrons. The van der Waals surface area contributed by atoms with Gasteiger partial charge in [-0.2, -0.15) is 0 Å². The van der Waals surface area contributed by atoms with E-state index >= 15 is 0 Å². The minimum atomic E-state index is 0.219. The van der Waals surface area contributed by atoms with Crippen molar-refractivity contribution in [2.45, 2.75) is 12.8 Å². The number of rotatable bonds is 8. The molecule has 0 atom stereocenters. The highest BCUT2D eigenvalue weighted by Gasteiger charge is 2.09. The zero-order valence-corrected chi connectivity index (χ0v) is 12.2. The molecule has 0 spiro atoms. The second-order valence-corrected chi connectivity index (χ2v) is 4.78. The lowest BCUT2D eigenvalue weighted by Crippen LogP contribution is -2.34. The molecular formula is C15H25N3O. The summed E-state index contributed by atoms with van der Waals surface area (Å²) in [5.74, 6) is 0.219. The summed E-state index contributed by atoms with van der Waals surface area (Å²) in [7, 11) is 5.83. The zero-order chi connectivity index (χ0) is 14.1. The maximum atomic E-state index is 11.8. The van der Waals surface area contributed by atoms with Crippen LogP contribution in [0.15, 0.2) is 30.3 Å². The van der Waals surface area contributed by atoms with Gasteiger partial charge in [0.1, 0.15) is 0 Å². The van der Waals surface area contributed by atoms with E-state index in [4.69, 9.17) is 0 Å². The molecule has 0 aliphatic rings. The van der Waals surface area contributed by atoms with Crippen molar-refractivity contribution in [1.29, 1.82) is 0 Å². The van der Waals surface area contributed by atoms with Gasteiger partial charge in [-0.1, -0.05) is 18.2 Å². The first-order valence-corrected chi connectivity index (χ1v) is 6.80. The van der Waals surface area contributed by atoms with Gasteiger partial charge < -0.3 is 15.1 Å². The number of hydrogen-bond donors (Lipinski definition) is 1. The van der Waals surface area contributed by atoms with Crippen LogP contribution in [-0.2, 0) is 4.79 Å². The quantitative estimate of drug-likeness (QED) is 0.723. The molecule has 4 nitrogen and oxygen atoms in total. The van der Waals surface area contributed by atoms with E-state index in [0.717, 1.165) is 26.1 Å². The van der Waals surface area contributed by atoms with Crippen LogP contribution < -0.4 is 10.2 Å². The molecule has 1 aromatic carbocycles. The van der Waals surface area contributed by atoms with Crippen LogP contribution >= 0.6 is 0 Å². The number of carbonyl (C=O) groups excluding carboxylic acids is 1. The Hall–Kier alpha value is -1.55. The Balaban J connectivity index is 2.29. The first-order valence-electron chi connectivity index (χ1n) is 6.80. The maximum absolute atomic E-state index is 11.8. The van der Waals surface area contributed by atoms with Crippen molar-refractivity contribution in [2.75, 3.05) is 45.7 Å². The molecule has 0 heterocycles. The van der Waals surface area contributed by atoms with E-state index in [2.05, 4.69) is 29.4 Å². The number of likely N-dealkylation sites (N-methyl/N-ethyl adjacent to an activating group) is 2. The van der Waals surface area contributed by atoms with E-state index in [-0.39, 0.29) is 5.91 Å². The number of amides is 1. The summed E-state index contributed by atoms with van der Waals surface area (Å²) in [6, 6.07) is 10.2. The third-order valence-electron chi connectivity index (χ3n) is 3.21. The van der Waals surface area contributed by atoms with Gasteiger partial charge in [-0.15, -0.1) is 0 Å². The molecule has 1 N–H and O–H groups in total. The Morgan fingerprint density at radius 1 is 1.16 bits per heavy atom. The topological polar surface area (TPSA) is 35.6 Å². The molecule has 0 aliphatic heterocycles. The maximum Gasteiger partial charge on any atom is 0.222 e. The van der Waals surface area contributed by atoms with Gasteiger partial charge in [0, 0.05) is 39.3 Å². The Bertz CT molecular complexity index is 367. The van der Waals surface area contributed by atoms with E-state index in [1.165, 1.54) is 5.69 Å². The lowest BCUT2D eigenvalue weighted by atomic mass is 10.2. The molecule has 19 heavy (non-hydrogen) atoms. The summed E-state index contributed by atoms with van der Waals surface area (Å²) in [5.41, 5.74) is 1.18. The van der Waals surface area contributed by atoms with Gasteiger partial charge in [-0.25, -0.2) is 0 Å². The molecule has 1 rings (SSSR count). The van der Waals surface area contributed by atoms with Gasteiger partial charge in [0.2, 0.25) is 5.91 Å². The molecule has 1 amide bonds. The van der Waals surface area contributed by atoms with E-state index in [9.17, 15) is 4.79 Å². The third-order valence-corrected chi connectivity index (χ3v) is 3.21. The molecule has 0 bridgehead atoms. The largest absolute Gasteiger partial charge is 0.373 e. The Labute approximate surface area is 116 Å². The van der Waals surface area contributed by atoms with Crippen LogP contribution in [0, 0.1) is 0 Å². The van der Waals surface area contributed by atoms with Crippen molar-refractivity contribution < 1.29 is 4.79 Å². The van der Waals surface area contributed by atoms with Crippen molar-refractivity contribution in [3.63, 3.8) is 0 Å². The lowest BCUT2D eigenvalue weighted by Gasteiger charge is -2.23. The summed E-state index contributed by atoms with van der Waals surface area (Å²) in [6.07, 6.45) is 1.51. The first kappa shape index (κ1) is 15.5. The lowest BCUT2D eigenvalue weighted by molar-refractivity contribution is -0.129. The summed E-state index contributed by atoms with van der Waals surface area (Å²) >= 11 is 0. The van der Waals surface area contributed by atoms with E-state index < -0.39 is 0 Å². The van der Waals surface area contributed by atoms with E-state index in [0.29, 0.717) is 6.42 Å². The molecule has 106 valence electrons. The highest BCUT2D eigenvalue weighted by Crippen LogP contribution is 2.10. The number of nitrogens with zero attached hydrogens (tertiary/aromatic N) is 2. The smallest absolute Gasteiger partial charge is 0.222 e. The van der Waals surface area contributed by atoms with E-state index in [1.807, 2.05) is 37.2 Å². The second-order valence-electron chi connectivity index (χ2n) is 4.78. The molecule has 0 fully saturated rings. The minimum absolute atomic E-state index is 0.219. The van der Waals surface area contributed by atoms with Gasteiger partial charge >= 0.3 is 0 Å². The Morgan fingerprint density at radius 3 is 2.47 bits per heavy atom. The van der Waals surface area contributed by atoms with Crippen LogP contribution in [0.25, 0.3) is 0 Å². The highest BCUT2D eigenvalue weighted by atomic mass is 16.2. The molecule has 0 saturated carbocycles. The highest BCUT2D eigenvalue weighted by molar-refractivity contribution is 5.75. The second kappa shape index (κ2) is 8.53. The molecule has 0 saturated heterocycles. The Morgan fingerprint density at radius 2 is 1.84 bits per heavy atom. The zero-order valence-electron chi connectivity index (χ0n) is 12.2.